The molecule has 0 fully saturated rings. The maximum Gasteiger partial charge on any atom is 0.346 e. The van der Waals surface area contributed by atoms with Gasteiger partial charge in [-0.3, -0.25) is 9.69 Å². The van der Waals surface area contributed by atoms with Crippen molar-refractivity contribution in [2.24, 2.45) is 0 Å². The number of benzene rings is 3. The minimum absolute atomic E-state index is 0.164. The highest BCUT2D eigenvalue weighted by Gasteiger charge is 2.46. The number of hydrogen-bond acceptors (Lipinski definition) is 7. The molecule has 3 aromatic rings. The van der Waals surface area contributed by atoms with Gasteiger partial charge in [0.25, 0.3) is 5.91 Å². The second-order valence-electron chi connectivity index (χ2n) is 9.89. The quantitative estimate of drug-likeness (QED) is 0.171. The Bertz CT molecular complexity index is 1590. The van der Waals surface area contributed by atoms with E-state index >= 15 is 0 Å². The Morgan fingerprint density at radius 1 is 0.975 bits per heavy atom. The molecule has 204 valence electrons. The number of thioether (sulfide) groups is 2. The number of methoxy groups -OCH3 is 1. The van der Waals surface area contributed by atoms with E-state index < -0.39 is 5.54 Å². The first kappa shape index (κ1) is 28.2. The lowest BCUT2D eigenvalue weighted by molar-refractivity contribution is -0.137. The standard InChI is InChI=1S/C32H29NO4S3/c1-6-37-30(35)27-26(20-11-8-7-9-12-20)39-31(40-27)25-23-17-19(2)15-16-24(23)33(32(3,4)28(25)38)29(34)21-13-10-14-22(18-21)36-5/h7-18H,6H2,1-5H3/b31-25-. The summed E-state index contributed by atoms with van der Waals surface area (Å²) >= 11 is 9.11. The molecular weight excluding hydrogens is 559 g/mol. The summed E-state index contributed by atoms with van der Waals surface area (Å²) in [7, 11) is 1.58. The molecule has 5 rings (SSSR count). The summed E-state index contributed by atoms with van der Waals surface area (Å²) in [5.41, 5.74) is 4.18. The van der Waals surface area contributed by atoms with Gasteiger partial charge in [0, 0.05) is 21.6 Å². The van der Waals surface area contributed by atoms with E-state index in [9.17, 15) is 9.59 Å². The Labute approximate surface area is 248 Å². The fourth-order valence-electron chi connectivity index (χ4n) is 4.84. The van der Waals surface area contributed by atoms with Gasteiger partial charge in [0.15, 0.2) is 0 Å². The van der Waals surface area contributed by atoms with Gasteiger partial charge in [-0.05, 0) is 63.6 Å². The molecule has 0 radical (unpaired) electrons. The molecule has 2 aliphatic heterocycles. The number of aryl methyl sites for hydroxylation is 1. The van der Waals surface area contributed by atoms with E-state index in [0.717, 1.165) is 37.1 Å². The number of fused-ring (bicyclic) bond motifs is 1. The van der Waals surface area contributed by atoms with Gasteiger partial charge in [-0.2, -0.15) is 0 Å². The number of nitrogens with zero attached hydrogens (tertiary/aromatic N) is 1. The van der Waals surface area contributed by atoms with E-state index in [0.29, 0.717) is 21.1 Å². The van der Waals surface area contributed by atoms with E-state index in [1.165, 1.54) is 23.5 Å². The Hall–Kier alpha value is -3.33. The van der Waals surface area contributed by atoms with Crippen LogP contribution in [-0.4, -0.2) is 36.0 Å². The monoisotopic (exact) mass is 587 g/mol. The number of ether oxygens (including phenoxy) is 2. The minimum Gasteiger partial charge on any atom is -0.497 e. The topological polar surface area (TPSA) is 55.8 Å². The highest BCUT2D eigenvalue weighted by Crippen LogP contribution is 2.58. The number of hydrogen-bond donors (Lipinski definition) is 0. The van der Waals surface area contributed by atoms with Crippen LogP contribution in [0.3, 0.4) is 0 Å². The molecule has 0 N–H and O–H groups in total. The molecule has 1 amide bonds. The second-order valence-corrected chi connectivity index (χ2v) is 12.6. The molecule has 0 saturated carbocycles. The minimum atomic E-state index is -0.833. The summed E-state index contributed by atoms with van der Waals surface area (Å²) in [5.74, 6) is 0.0946. The van der Waals surface area contributed by atoms with Crippen LogP contribution >= 0.6 is 35.7 Å². The maximum atomic E-state index is 14.1. The van der Waals surface area contributed by atoms with Crippen molar-refractivity contribution in [3.8, 4) is 5.75 Å². The van der Waals surface area contributed by atoms with Crippen LogP contribution in [-0.2, 0) is 9.53 Å². The van der Waals surface area contributed by atoms with Crippen molar-refractivity contribution in [1.82, 2.24) is 0 Å². The van der Waals surface area contributed by atoms with Gasteiger partial charge in [0.1, 0.15) is 10.7 Å². The lowest BCUT2D eigenvalue weighted by Crippen LogP contribution is -2.56. The molecule has 0 unspecified atom stereocenters. The number of rotatable bonds is 5. The molecule has 0 aromatic heterocycles. The summed E-state index contributed by atoms with van der Waals surface area (Å²) in [4.78, 5) is 31.0. The predicted molar refractivity (Wildman–Crippen MR) is 170 cm³/mol. The van der Waals surface area contributed by atoms with Crippen molar-refractivity contribution in [2.75, 3.05) is 18.6 Å². The smallest absolute Gasteiger partial charge is 0.346 e. The first-order valence-electron chi connectivity index (χ1n) is 12.9. The molecule has 8 heteroatoms. The molecule has 0 saturated heterocycles. The van der Waals surface area contributed by atoms with E-state index in [1.54, 1.807) is 31.1 Å². The number of amides is 1. The van der Waals surface area contributed by atoms with E-state index in [2.05, 4.69) is 6.07 Å². The first-order valence-corrected chi connectivity index (χ1v) is 14.9. The SMILES string of the molecule is CCOC(=O)C1=C(c2ccccc2)S/C(=C2/C(=S)C(C)(C)N(C(=O)c3cccc(OC)c3)c3ccc(C)cc32)S1. The van der Waals surface area contributed by atoms with Gasteiger partial charge in [0.2, 0.25) is 0 Å². The van der Waals surface area contributed by atoms with Gasteiger partial charge in [-0.25, -0.2) is 4.79 Å². The predicted octanol–water partition coefficient (Wildman–Crippen LogP) is 7.89. The van der Waals surface area contributed by atoms with Crippen LogP contribution in [0.25, 0.3) is 10.5 Å². The van der Waals surface area contributed by atoms with E-state index in [-0.39, 0.29) is 18.5 Å². The van der Waals surface area contributed by atoms with Crippen LogP contribution in [0.4, 0.5) is 5.69 Å². The zero-order valence-corrected chi connectivity index (χ0v) is 25.4. The number of anilines is 1. The average molecular weight is 588 g/mol. The van der Waals surface area contributed by atoms with Crippen molar-refractivity contribution in [1.29, 1.82) is 0 Å². The van der Waals surface area contributed by atoms with Gasteiger partial charge in [-0.15, -0.1) is 0 Å². The summed E-state index contributed by atoms with van der Waals surface area (Å²) in [5, 5.41) is 0. The zero-order valence-electron chi connectivity index (χ0n) is 22.9. The molecule has 2 aliphatic rings. The first-order chi connectivity index (χ1) is 19.2. The Balaban J connectivity index is 1.67. The van der Waals surface area contributed by atoms with E-state index in [1.807, 2.05) is 75.4 Å². The third kappa shape index (κ3) is 5.00. The Kier molecular flexibility index (Phi) is 7.95. The molecule has 0 aliphatic carbocycles. The lowest BCUT2D eigenvalue weighted by atomic mass is 9.82. The van der Waals surface area contributed by atoms with Gasteiger partial charge < -0.3 is 9.47 Å². The van der Waals surface area contributed by atoms with Crippen LogP contribution in [0, 0.1) is 6.92 Å². The Morgan fingerprint density at radius 2 is 1.73 bits per heavy atom. The molecule has 3 aromatic carbocycles. The van der Waals surface area contributed by atoms with Gasteiger partial charge in [-0.1, -0.05) is 83.8 Å². The molecule has 2 heterocycles. The highest BCUT2D eigenvalue weighted by molar-refractivity contribution is 8.32. The molecule has 0 atom stereocenters. The maximum absolute atomic E-state index is 14.1. The zero-order chi connectivity index (χ0) is 28.6. The van der Waals surface area contributed by atoms with Crippen molar-refractivity contribution in [3.05, 3.63) is 104 Å². The Morgan fingerprint density at radius 3 is 2.42 bits per heavy atom. The van der Waals surface area contributed by atoms with Gasteiger partial charge >= 0.3 is 5.97 Å². The number of thiocarbonyl (C=S) groups is 1. The van der Waals surface area contributed by atoms with Crippen LogP contribution in [0.2, 0.25) is 0 Å². The fourth-order valence-corrected chi connectivity index (χ4v) is 7.97. The number of carbonyl (C=O) groups excluding carboxylic acids is 2. The second kappa shape index (κ2) is 11.3. The summed E-state index contributed by atoms with van der Waals surface area (Å²) in [6.45, 7) is 8.05. The third-order valence-corrected chi connectivity index (χ3v) is 10.2. The molecule has 40 heavy (non-hydrogen) atoms. The lowest BCUT2D eigenvalue weighted by Gasteiger charge is -2.45. The summed E-state index contributed by atoms with van der Waals surface area (Å²) in [6, 6.07) is 23.1. The third-order valence-electron chi connectivity index (χ3n) is 6.82. The molecular formula is C32H29NO4S3. The largest absolute Gasteiger partial charge is 0.497 e. The van der Waals surface area contributed by atoms with Crippen molar-refractivity contribution >= 4 is 68.6 Å². The summed E-state index contributed by atoms with van der Waals surface area (Å²) in [6.07, 6.45) is 0. The van der Waals surface area contributed by atoms with Crippen molar-refractivity contribution < 1.29 is 19.1 Å². The van der Waals surface area contributed by atoms with Crippen LogP contribution in [0.5, 0.6) is 5.75 Å². The van der Waals surface area contributed by atoms with Crippen molar-refractivity contribution in [3.63, 3.8) is 0 Å². The van der Waals surface area contributed by atoms with E-state index in [4.69, 9.17) is 21.7 Å². The number of esters is 1. The van der Waals surface area contributed by atoms with Crippen LogP contribution in [0.15, 0.2) is 81.9 Å². The van der Waals surface area contributed by atoms with Crippen LogP contribution < -0.4 is 9.64 Å². The van der Waals surface area contributed by atoms with Crippen LogP contribution in [0.1, 0.15) is 47.8 Å². The normalized spacial score (nSPS) is 18.0. The van der Waals surface area contributed by atoms with Gasteiger partial charge in [0.05, 0.1) is 34.0 Å². The molecule has 5 nitrogen and oxygen atoms in total. The molecule has 0 bridgehead atoms. The fraction of sp³-hybridized carbons (Fsp3) is 0.219. The number of carbonyl (C=O) groups is 2. The van der Waals surface area contributed by atoms with Crippen molar-refractivity contribution in [2.45, 2.75) is 33.2 Å². The average Bonchev–Trinajstić information content (AvgIpc) is 3.39. The highest BCUT2D eigenvalue weighted by atomic mass is 32.2. The summed E-state index contributed by atoms with van der Waals surface area (Å²) < 4.78 is 11.7. The molecule has 0 spiro atoms.